The lowest BCUT2D eigenvalue weighted by Gasteiger charge is -2.11. The first-order chi connectivity index (χ1) is 13.5. The number of anilines is 3. The molecule has 2 N–H and O–H groups in total. The summed E-state index contributed by atoms with van der Waals surface area (Å²) in [6.07, 6.45) is 0.738. The second-order valence-electron chi connectivity index (χ2n) is 6.09. The standard InChI is InChI=1S/C20H19F3N4O/c1-12-11-17(26-16-8-7-15(21)18(22)19(16)23)27-20(25-12)24-10-9-13-3-5-14(28-2)6-4-13/h3-8,11H,9-10H2,1-2H3,(H2,24,25,26,27). The maximum atomic E-state index is 13.8. The first-order valence-electron chi connectivity index (χ1n) is 8.59. The zero-order chi connectivity index (χ0) is 20.1. The highest BCUT2D eigenvalue weighted by Gasteiger charge is 2.14. The summed E-state index contributed by atoms with van der Waals surface area (Å²) in [5.41, 5.74) is 1.54. The van der Waals surface area contributed by atoms with Crippen molar-refractivity contribution in [2.24, 2.45) is 0 Å². The largest absolute Gasteiger partial charge is 0.497 e. The highest BCUT2D eigenvalue weighted by Crippen LogP contribution is 2.23. The van der Waals surface area contributed by atoms with Crippen molar-refractivity contribution in [3.8, 4) is 5.75 Å². The fraction of sp³-hybridized carbons (Fsp3) is 0.200. The Kier molecular flexibility index (Phi) is 5.98. The highest BCUT2D eigenvalue weighted by atomic mass is 19.2. The number of hydrogen-bond donors (Lipinski definition) is 2. The van der Waals surface area contributed by atoms with Crippen molar-refractivity contribution in [3.63, 3.8) is 0 Å². The van der Waals surface area contributed by atoms with Gasteiger partial charge in [0.1, 0.15) is 11.6 Å². The third-order valence-electron chi connectivity index (χ3n) is 4.01. The van der Waals surface area contributed by atoms with E-state index < -0.39 is 17.5 Å². The topological polar surface area (TPSA) is 59.1 Å². The molecule has 0 fully saturated rings. The van der Waals surface area contributed by atoms with Crippen LogP contribution in [0.2, 0.25) is 0 Å². The first kappa shape index (κ1) is 19.5. The zero-order valence-corrected chi connectivity index (χ0v) is 15.4. The second-order valence-corrected chi connectivity index (χ2v) is 6.09. The smallest absolute Gasteiger partial charge is 0.224 e. The number of hydrogen-bond acceptors (Lipinski definition) is 5. The van der Waals surface area contributed by atoms with E-state index in [2.05, 4.69) is 20.6 Å². The molecule has 0 bridgehead atoms. The predicted octanol–water partition coefficient (Wildman–Crippen LogP) is 4.61. The highest BCUT2D eigenvalue weighted by molar-refractivity contribution is 5.58. The maximum absolute atomic E-state index is 13.8. The average Bonchev–Trinajstić information content (AvgIpc) is 2.69. The van der Waals surface area contributed by atoms with Gasteiger partial charge in [-0.25, -0.2) is 18.2 Å². The molecule has 0 aliphatic carbocycles. The van der Waals surface area contributed by atoms with Crippen molar-refractivity contribution in [3.05, 3.63) is 71.2 Å². The third-order valence-corrected chi connectivity index (χ3v) is 4.01. The monoisotopic (exact) mass is 388 g/mol. The van der Waals surface area contributed by atoms with E-state index in [-0.39, 0.29) is 11.5 Å². The Morgan fingerprint density at radius 2 is 1.71 bits per heavy atom. The lowest BCUT2D eigenvalue weighted by Crippen LogP contribution is -2.10. The number of aromatic nitrogens is 2. The minimum absolute atomic E-state index is 0.207. The van der Waals surface area contributed by atoms with Gasteiger partial charge in [0.05, 0.1) is 12.8 Å². The van der Waals surface area contributed by atoms with Gasteiger partial charge in [-0.05, 0) is 43.2 Å². The normalized spacial score (nSPS) is 10.6. The fourth-order valence-electron chi connectivity index (χ4n) is 2.58. The van der Waals surface area contributed by atoms with Crippen LogP contribution >= 0.6 is 0 Å². The van der Waals surface area contributed by atoms with Gasteiger partial charge in [-0.3, -0.25) is 0 Å². The van der Waals surface area contributed by atoms with Gasteiger partial charge in [-0.15, -0.1) is 0 Å². The van der Waals surface area contributed by atoms with Crippen LogP contribution in [0.4, 0.5) is 30.6 Å². The summed E-state index contributed by atoms with van der Waals surface area (Å²) < 4.78 is 45.4. The molecular formula is C20H19F3N4O. The predicted molar refractivity (Wildman–Crippen MR) is 102 cm³/mol. The molecule has 0 aliphatic heterocycles. The summed E-state index contributed by atoms with van der Waals surface area (Å²) in [5.74, 6) is -2.68. The van der Waals surface area contributed by atoms with Crippen LogP contribution in [0, 0.1) is 24.4 Å². The number of benzene rings is 2. The summed E-state index contributed by atoms with van der Waals surface area (Å²) in [6, 6.07) is 11.3. The molecule has 0 aliphatic rings. The molecule has 0 radical (unpaired) electrons. The average molecular weight is 388 g/mol. The lowest BCUT2D eigenvalue weighted by molar-refractivity contribution is 0.414. The number of aryl methyl sites for hydroxylation is 1. The van der Waals surface area contributed by atoms with E-state index in [4.69, 9.17) is 4.74 Å². The third kappa shape index (κ3) is 4.70. The summed E-state index contributed by atoms with van der Waals surface area (Å²) in [6.45, 7) is 2.33. The van der Waals surface area contributed by atoms with Crippen LogP contribution in [0.5, 0.6) is 5.75 Å². The van der Waals surface area contributed by atoms with E-state index in [9.17, 15) is 13.2 Å². The molecule has 0 saturated carbocycles. The molecule has 146 valence electrons. The Labute approximate surface area is 160 Å². The summed E-state index contributed by atoms with van der Waals surface area (Å²) in [4.78, 5) is 8.52. The molecule has 0 spiro atoms. The van der Waals surface area contributed by atoms with E-state index in [1.54, 1.807) is 20.1 Å². The molecular weight excluding hydrogens is 369 g/mol. The molecule has 0 amide bonds. The van der Waals surface area contributed by atoms with Gasteiger partial charge >= 0.3 is 0 Å². The van der Waals surface area contributed by atoms with Gasteiger partial charge in [0, 0.05) is 18.3 Å². The van der Waals surface area contributed by atoms with Crippen molar-refractivity contribution in [2.45, 2.75) is 13.3 Å². The van der Waals surface area contributed by atoms with Gasteiger partial charge in [0.2, 0.25) is 5.95 Å². The SMILES string of the molecule is COc1ccc(CCNc2nc(C)cc(Nc3ccc(F)c(F)c3F)n2)cc1. The van der Waals surface area contributed by atoms with E-state index in [0.717, 1.165) is 29.9 Å². The molecule has 8 heteroatoms. The lowest BCUT2D eigenvalue weighted by atomic mass is 10.1. The van der Waals surface area contributed by atoms with Crippen LogP contribution in [0.1, 0.15) is 11.3 Å². The van der Waals surface area contributed by atoms with Crippen molar-refractivity contribution in [2.75, 3.05) is 24.3 Å². The Balaban J connectivity index is 1.66. The fourth-order valence-corrected chi connectivity index (χ4v) is 2.58. The Morgan fingerprint density at radius 1 is 0.964 bits per heavy atom. The number of rotatable bonds is 7. The van der Waals surface area contributed by atoms with Crippen LogP contribution in [0.15, 0.2) is 42.5 Å². The number of nitrogens with one attached hydrogen (secondary N) is 2. The summed E-state index contributed by atoms with van der Waals surface area (Å²) in [5, 5.41) is 5.76. The molecule has 1 heterocycles. The Morgan fingerprint density at radius 3 is 2.43 bits per heavy atom. The molecule has 3 aromatic rings. The van der Waals surface area contributed by atoms with Crippen LogP contribution in [0.25, 0.3) is 0 Å². The number of methoxy groups -OCH3 is 1. The van der Waals surface area contributed by atoms with Gasteiger partial charge in [-0.2, -0.15) is 4.98 Å². The van der Waals surface area contributed by atoms with Crippen molar-refractivity contribution < 1.29 is 17.9 Å². The van der Waals surface area contributed by atoms with E-state index in [1.807, 2.05) is 24.3 Å². The quantitative estimate of drug-likeness (QED) is 0.579. The van der Waals surface area contributed by atoms with Crippen LogP contribution < -0.4 is 15.4 Å². The van der Waals surface area contributed by atoms with E-state index >= 15 is 0 Å². The molecule has 1 aromatic heterocycles. The van der Waals surface area contributed by atoms with Crippen molar-refractivity contribution >= 4 is 17.5 Å². The minimum atomic E-state index is -1.53. The second kappa shape index (κ2) is 8.60. The van der Waals surface area contributed by atoms with E-state index in [0.29, 0.717) is 18.2 Å². The minimum Gasteiger partial charge on any atom is -0.497 e. The Hall–Kier alpha value is -3.29. The Bertz CT molecular complexity index is 964. The first-order valence-corrected chi connectivity index (χ1v) is 8.59. The molecule has 5 nitrogen and oxygen atoms in total. The summed E-state index contributed by atoms with van der Waals surface area (Å²) >= 11 is 0. The molecule has 28 heavy (non-hydrogen) atoms. The number of ether oxygens (including phenoxy) is 1. The molecule has 0 saturated heterocycles. The van der Waals surface area contributed by atoms with Crippen molar-refractivity contribution in [1.82, 2.24) is 9.97 Å². The maximum Gasteiger partial charge on any atom is 0.224 e. The number of halogens is 3. The molecule has 2 aromatic carbocycles. The number of nitrogens with zero attached hydrogens (tertiary/aromatic N) is 2. The van der Waals surface area contributed by atoms with Crippen LogP contribution in [0.3, 0.4) is 0 Å². The van der Waals surface area contributed by atoms with Gasteiger partial charge < -0.3 is 15.4 Å². The molecule has 0 atom stereocenters. The van der Waals surface area contributed by atoms with Crippen LogP contribution in [-0.2, 0) is 6.42 Å². The van der Waals surface area contributed by atoms with E-state index in [1.165, 1.54) is 0 Å². The van der Waals surface area contributed by atoms with Gasteiger partial charge in [0.25, 0.3) is 0 Å². The summed E-state index contributed by atoms with van der Waals surface area (Å²) in [7, 11) is 1.61. The van der Waals surface area contributed by atoms with Crippen molar-refractivity contribution in [1.29, 1.82) is 0 Å². The molecule has 3 rings (SSSR count). The van der Waals surface area contributed by atoms with Gasteiger partial charge in [-0.1, -0.05) is 12.1 Å². The molecule has 0 unspecified atom stereocenters. The van der Waals surface area contributed by atoms with Crippen LogP contribution in [-0.4, -0.2) is 23.6 Å². The van der Waals surface area contributed by atoms with Gasteiger partial charge in [0.15, 0.2) is 17.5 Å². The zero-order valence-electron chi connectivity index (χ0n) is 15.4.